The number of fused-ring (bicyclic) bond motifs is 10. The van der Waals surface area contributed by atoms with Crippen LogP contribution in [-0.2, 0) is 0 Å². The van der Waals surface area contributed by atoms with Gasteiger partial charge in [0.1, 0.15) is 11.9 Å². The van der Waals surface area contributed by atoms with Gasteiger partial charge in [-0.25, -0.2) is 0 Å². The molecule has 0 spiro atoms. The molecule has 0 fully saturated rings. The summed E-state index contributed by atoms with van der Waals surface area (Å²) in [6.45, 7) is 0. The minimum absolute atomic E-state index is 0.0101. The molecule has 2 heterocycles. The maximum Gasteiger partial charge on any atom is 0.135 e. The molecule has 0 amide bonds. The molecule has 11 aromatic carbocycles. The highest BCUT2D eigenvalue weighted by Crippen LogP contribution is 2.54. The molecule has 12 aromatic rings. The Morgan fingerprint density at radius 1 is 0.364 bits per heavy atom. The van der Waals surface area contributed by atoms with Crippen LogP contribution in [0.15, 0.2) is 237 Å². The van der Waals surface area contributed by atoms with E-state index in [4.69, 9.17) is 4.74 Å². The first-order chi connectivity index (χ1) is 32.8. The van der Waals surface area contributed by atoms with E-state index in [-0.39, 0.29) is 12.0 Å². The van der Waals surface area contributed by atoms with E-state index in [0.29, 0.717) is 0 Å². The summed E-state index contributed by atoms with van der Waals surface area (Å²) in [5.41, 5.74) is 14.7. The number of allylic oxidation sites excluding steroid dienone is 2. The molecule has 0 saturated carbocycles. The second-order valence-electron chi connectivity index (χ2n) is 17.8. The lowest BCUT2D eigenvalue weighted by Gasteiger charge is -2.27. The van der Waals surface area contributed by atoms with Gasteiger partial charge in [0.05, 0.1) is 16.7 Å². The Bertz CT molecular complexity index is 3910. The predicted molar refractivity (Wildman–Crippen MR) is 278 cm³/mol. The lowest BCUT2D eigenvalue weighted by molar-refractivity contribution is 0.278. The Kier molecular flexibility index (Phi) is 8.14. The first kappa shape index (κ1) is 37.0. The highest BCUT2D eigenvalue weighted by atomic mass is 16.5. The van der Waals surface area contributed by atoms with Gasteiger partial charge in [0.15, 0.2) is 0 Å². The van der Waals surface area contributed by atoms with E-state index in [9.17, 15) is 0 Å². The molecular formula is C64H41NO. The van der Waals surface area contributed by atoms with Gasteiger partial charge in [-0.3, -0.25) is 0 Å². The summed E-state index contributed by atoms with van der Waals surface area (Å²) in [6.07, 6.45) is 6.74. The van der Waals surface area contributed by atoms with Crippen LogP contribution in [0.2, 0.25) is 0 Å². The number of rotatable bonds is 5. The number of hydrogen-bond acceptors (Lipinski definition) is 1. The van der Waals surface area contributed by atoms with Gasteiger partial charge in [0.25, 0.3) is 0 Å². The number of para-hydroxylation sites is 1. The average Bonchev–Trinajstić information content (AvgIpc) is 3.94. The third-order valence-electron chi connectivity index (χ3n) is 14.3. The Morgan fingerprint density at radius 3 is 1.52 bits per heavy atom. The van der Waals surface area contributed by atoms with Crippen molar-refractivity contribution in [1.82, 2.24) is 4.57 Å². The van der Waals surface area contributed by atoms with E-state index in [1.807, 2.05) is 0 Å². The van der Waals surface area contributed by atoms with E-state index >= 15 is 0 Å². The van der Waals surface area contributed by atoms with Crippen LogP contribution in [0, 0.1) is 0 Å². The van der Waals surface area contributed by atoms with Gasteiger partial charge in [0, 0.05) is 38.6 Å². The average molecular weight is 840 g/mol. The fourth-order valence-electron chi connectivity index (χ4n) is 11.6. The molecule has 1 unspecified atom stereocenters. The van der Waals surface area contributed by atoms with Crippen molar-refractivity contribution in [3.63, 3.8) is 0 Å². The normalized spacial score (nSPS) is 15.4. The number of ether oxygens (including phenoxy) is 1. The van der Waals surface area contributed by atoms with E-state index in [2.05, 4.69) is 241 Å². The SMILES string of the molecule is C1=C[C@H]2c3c(cccc3-c3c4ccccc4c(-n4c5ccccc5c5cc(-c6ccccc6)ccc54)c4ccccc34)OC2C(c2c3ccccc3c(-c3ccccc3)c3ccccc23)=C1. The second kappa shape index (κ2) is 14.5. The molecule has 1 aliphatic heterocycles. The van der Waals surface area contributed by atoms with Crippen LogP contribution >= 0.6 is 0 Å². The van der Waals surface area contributed by atoms with Crippen LogP contribution in [0.1, 0.15) is 17.0 Å². The fourth-order valence-corrected chi connectivity index (χ4v) is 11.6. The quantitative estimate of drug-likeness (QED) is 0.158. The van der Waals surface area contributed by atoms with Crippen LogP contribution < -0.4 is 4.74 Å². The summed E-state index contributed by atoms with van der Waals surface area (Å²) in [6, 6.07) is 80.0. The highest BCUT2D eigenvalue weighted by molar-refractivity contribution is 6.22. The number of hydrogen-bond donors (Lipinski definition) is 0. The van der Waals surface area contributed by atoms with Crippen molar-refractivity contribution in [2.45, 2.75) is 12.0 Å². The summed E-state index contributed by atoms with van der Waals surface area (Å²) in [5, 5.41) is 12.3. The Balaban J connectivity index is 0.972. The lowest BCUT2D eigenvalue weighted by atomic mass is 9.77. The zero-order valence-corrected chi connectivity index (χ0v) is 36.0. The van der Waals surface area contributed by atoms with E-state index in [0.717, 1.165) is 5.75 Å². The molecule has 0 saturated heterocycles. The third-order valence-corrected chi connectivity index (χ3v) is 14.3. The van der Waals surface area contributed by atoms with Crippen LogP contribution in [0.4, 0.5) is 0 Å². The maximum absolute atomic E-state index is 7.27. The first-order valence-corrected chi connectivity index (χ1v) is 23.0. The van der Waals surface area contributed by atoms with Gasteiger partial charge < -0.3 is 9.30 Å². The summed E-state index contributed by atoms with van der Waals surface area (Å²) in [7, 11) is 0. The molecule has 0 bridgehead atoms. The largest absolute Gasteiger partial charge is 0.484 e. The van der Waals surface area contributed by atoms with Gasteiger partial charge in [-0.15, -0.1) is 0 Å². The van der Waals surface area contributed by atoms with Gasteiger partial charge in [0.2, 0.25) is 0 Å². The molecule has 1 aromatic heterocycles. The first-order valence-electron chi connectivity index (χ1n) is 23.0. The smallest absolute Gasteiger partial charge is 0.135 e. The molecule has 2 heteroatoms. The second-order valence-corrected chi connectivity index (χ2v) is 17.8. The van der Waals surface area contributed by atoms with E-state index in [1.54, 1.807) is 0 Å². The minimum atomic E-state index is -0.198. The van der Waals surface area contributed by atoms with Crippen molar-refractivity contribution in [3.05, 3.63) is 248 Å². The summed E-state index contributed by atoms with van der Waals surface area (Å²) in [4.78, 5) is 0. The molecule has 66 heavy (non-hydrogen) atoms. The minimum Gasteiger partial charge on any atom is -0.484 e. The van der Waals surface area contributed by atoms with Gasteiger partial charge in [-0.2, -0.15) is 0 Å². The topological polar surface area (TPSA) is 14.2 Å². The monoisotopic (exact) mass is 839 g/mol. The summed E-state index contributed by atoms with van der Waals surface area (Å²) >= 11 is 0. The number of benzene rings is 11. The van der Waals surface area contributed by atoms with Crippen molar-refractivity contribution in [2.75, 3.05) is 0 Å². The van der Waals surface area contributed by atoms with Crippen molar-refractivity contribution in [1.29, 1.82) is 0 Å². The van der Waals surface area contributed by atoms with Crippen LogP contribution in [0.3, 0.4) is 0 Å². The fraction of sp³-hybridized carbons (Fsp3) is 0.0312. The van der Waals surface area contributed by atoms with Crippen molar-refractivity contribution < 1.29 is 4.74 Å². The summed E-state index contributed by atoms with van der Waals surface area (Å²) < 4.78 is 9.79. The third kappa shape index (κ3) is 5.36. The predicted octanol–water partition coefficient (Wildman–Crippen LogP) is 16.9. The number of aromatic nitrogens is 1. The molecule has 2 nitrogen and oxygen atoms in total. The van der Waals surface area contributed by atoms with Gasteiger partial charge in [-0.1, -0.05) is 212 Å². The van der Waals surface area contributed by atoms with Crippen LogP contribution in [0.25, 0.3) is 110 Å². The van der Waals surface area contributed by atoms with Crippen molar-refractivity contribution >= 4 is 70.5 Å². The van der Waals surface area contributed by atoms with Crippen LogP contribution in [-0.4, -0.2) is 10.7 Å². The molecule has 1 aliphatic carbocycles. The standard InChI is InChI=1S/C64H41NO/c1-3-19-40(20-4-1)42-37-38-57-55(39-42)43-23-15-16-35-56(43)65(57)63-50-30-13-11-28-48(50)60(49-29-12-14-31-51(49)63)52-32-18-36-58-62(52)54-34-17-33-53(64(54)66-58)61-46-26-9-7-24-44(46)59(41-21-5-2-6-22-41)45-25-8-10-27-47(45)61/h1-39,54,64H/t54-,64?/m0/s1. The zero-order valence-electron chi connectivity index (χ0n) is 36.0. The number of nitrogens with zero attached hydrogens (tertiary/aromatic N) is 1. The van der Waals surface area contributed by atoms with E-state index in [1.165, 1.54) is 121 Å². The Hall–Kier alpha value is -8.46. The van der Waals surface area contributed by atoms with Crippen LogP contribution in [0.5, 0.6) is 5.75 Å². The van der Waals surface area contributed by atoms with Crippen molar-refractivity contribution in [3.8, 4) is 44.8 Å². The molecule has 308 valence electrons. The molecule has 2 aliphatic rings. The molecule has 0 N–H and O–H groups in total. The van der Waals surface area contributed by atoms with Gasteiger partial charge in [-0.05, 0) is 95.5 Å². The Labute approximate surface area is 382 Å². The lowest BCUT2D eigenvalue weighted by Crippen LogP contribution is -2.22. The molecule has 14 rings (SSSR count). The zero-order chi connectivity index (χ0) is 43.3. The molecule has 0 radical (unpaired) electrons. The van der Waals surface area contributed by atoms with E-state index < -0.39 is 0 Å². The summed E-state index contributed by atoms with van der Waals surface area (Å²) in [5.74, 6) is 0.958. The maximum atomic E-state index is 7.27. The molecule has 2 atom stereocenters. The van der Waals surface area contributed by atoms with Gasteiger partial charge >= 0.3 is 0 Å². The molecular weight excluding hydrogens is 799 g/mol. The Morgan fingerprint density at radius 2 is 0.879 bits per heavy atom. The highest BCUT2D eigenvalue weighted by Gasteiger charge is 2.40. The van der Waals surface area contributed by atoms with Crippen molar-refractivity contribution in [2.24, 2.45) is 0 Å².